The minimum absolute atomic E-state index is 0.139. The Labute approximate surface area is 204 Å². The molecule has 3 aromatic carbocycles. The molecule has 2 heterocycles. The van der Waals surface area contributed by atoms with E-state index in [1.54, 1.807) is 0 Å². The number of rotatable bonds is 4. The Balaban J connectivity index is 1.62. The summed E-state index contributed by atoms with van der Waals surface area (Å²) in [6.45, 7) is 1.59. The molecule has 2 aliphatic heterocycles. The van der Waals surface area contributed by atoms with Crippen LogP contribution in [0.1, 0.15) is 42.5 Å². The summed E-state index contributed by atoms with van der Waals surface area (Å²) in [4.78, 5) is 22.7. The molecule has 4 nitrogen and oxygen atoms in total. The van der Waals surface area contributed by atoms with E-state index in [0.717, 1.165) is 42.7 Å². The van der Waals surface area contributed by atoms with Gasteiger partial charge >= 0.3 is 0 Å². The molecule has 33 heavy (non-hydrogen) atoms. The molecule has 0 saturated carbocycles. The van der Waals surface area contributed by atoms with Gasteiger partial charge in [0.25, 0.3) is 0 Å². The van der Waals surface area contributed by atoms with Crippen LogP contribution in [0.25, 0.3) is 0 Å². The van der Waals surface area contributed by atoms with Crippen LogP contribution >= 0.6 is 23.2 Å². The maximum atomic E-state index is 14.0. The van der Waals surface area contributed by atoms with Crippen LogP contribution in [0.3, 0.4) is 0 Å². The van der Waals surface area contributed by atoms with E-state index in [-0.39, 0.29) is 11.9 Å². The van der Waals surface area contributed by atoms with Gasteiger partial charge < -0.3 is 4.90 Å². The third-order valence-electron chi connectivity index (χ3n) is 6.52. The monoisotopic (exact) mass is 480 g/mol. The highest BCUT2D eigenvalue weighted by Gasteiger charge is 2.50. The minimum atomic E-state index is -0.433. The molecule has 170 valence electrons. The molecule has 2 aliphatic rings. The van der Waals surface area contributed by atoms with Crippen LogP contribution in [0.15, 0.2) is 78.9 Å². The van der Waals surface area contributed by atoms with Gasteiger partial charge in [-0.15, -0.1) is 0 Å². The molecular formula is C27H26Cl2N2O2. The number of hydroxylamine groups is 1. The lowest BCUT2D eigenvalue weighted by molar-refractivity contribution is -0.138. The maximum absolute atomic E-state index is 14.0. The molecule has 1 amide bonds. The van der Waals surface area contributed by atoms with E-state index in [1.807, 2.05) is 76.7 Å². The van der Waals surface area contributed by atoms with Crippen molar-refractivity contribution in [2.45, 2.75) is 31.4 Å². The zero-order valence-electron chi connectivity index (χ0n) is 18.2. The topological polar surface area (TPSA) is 32.8 Å². The highest BCUT2D eigenvalue weighted by molar-refractivity contribution is 6.30. The van der Waals surface area contributed by atoms with Crippen LogP contribution in [-0.4, -0.2) is 23.9 Å². The summed E-state index contributed by atoms with van der Waals surface area (Å²) in [5.74, 6) is -0.262. The number of nitrogens with zero attached hydrogens (tertiary/aromatic N) is 2. The van der Waals surface area contributed by atoms with Crippen molar-refractivity contribution < 1.29 is 9.63 Å². The average Bonchev–Trinajstić information content (AvgIpc) is 3.26. The van der Waals surface area contributed by atoms with Gasteiger partial charge in [0.05, 0.1) is 17.6 Å². The van der Waals surface area contributed by atoms with Crippen LogP contribution in [-0.2, 0) is 9.63 Å². The smallest absolute Gasteiger partial charge is 0.231 e. The number of hydrogen-bond donors (Lipinski definition) is 0. The second-order valence-corrected chi connectivity index (χ2v) is 9.52. The van der Waals surface area contributed by atoms with E-state index >= 15 is 0 Å². The van der Waals surface area contributed by atoms with Gasteiger partial charge in [-0.1, -0.05) is 65.7 Å². The van der Waals surface area contributed by atoms with Crippen molar-refractivity contribution >= 4 is 34.8 Å². The molecule has 5 rings (SSSR count). The molecule has 0 aliphatic carbocycles. The number of halogens is 2. The number of benzene rings is 3. The molecule has 6 heteroatoms. The predicted octanol–water partition coefficient (Wildman–Crippen LogP) is 6.86. The van der Waals surface area contributed by atoms with Gasteiger partial charge in [-0.2, -0.15) is 0 Å². The molecule has 0 unspecified atom stereocenters. The van der Waals surface area contributed by atoms with Crippen molar-refractivity contribution in [3.63, 3.8) is 0 Å². The normalized spacial score (nSPS) is 23.0. The van der Waals surface area contributed by atoms with Crippen molar-refractivity contribution in [2.24, 2.45) is 5.92 Å². The van der Waals surface area contributed by atoms with E-state index in [4.69, 9.17) is 28.0 Å². The number of likely N-dealkylation sites (tertiary alicyclic amines) is 1. The highest BCUT2D eigenvalue weighted by atomic mass is 35.5. The largest absolute Gasteiger partial charge is 0.342 e. The summed E-state index contributed by atoms with van der Waals surface area (Å²) in [6, 6.07) is 25.0. The van der Waals surface area contributed by atoms with E-state index in [2.05, 4.69) is 12.1 Å². The first-order chi connectivity index (χ1) is 16.1. The van der Waals surface area contributed by atoms with Gasteiger partial charge in [-0.3, -0.25) is 9.63 Å². The van der Waals surface area contributed by atoms with Crippen molar-refractivity contribution in [2.75, 3.05) is 18.2 Å². The Bertz CT molecular complexity index is 1080. The standard InChI is InChI=1S/C27H26Cl2N2O2/c28-21-11-9-20(10-12-21)26-24(27(32)30-17-5-2-6-18-30)25(19-7-3-1-4-8-19)31(33-26)23-15-13-22(29)14-16-23/h1,3-4,7-16,24-26H,2,5-6,17-18H2/t24-,25-,26+/m1/s1. The highest BCUT2D eigenvalue weighted by Crippen LogP contribution is 2.50. The zero-order valence-corrected chi connectivity index (χ0v) is 19.8. The third-order valence-corrected chi connectivity index (χ3v) is 7.02. The van der Waals surface area contributed by atoms with Crippen LogP contribution in [0.4, 0.5) is 5.69 Å². The molecule has 3 aromatic rings. The van der Waals surface area contributed by atoms with Gasteiger partial charge in [-0.25, -0.2) is 5.06 Å². The average molecular weight is 481 g/mol. The summed E-state index contributed by atoms with van der Waals surface area (Å²) >= 11 is 12.3. The Hall–Kier alpha value is -2.53. The number of amides is 1. The number of carbonyl (C=O) groups is 1. The second-order valence-electron chi connectivity index (χ2n) is 8.65. The lowest BCUT2D eigenvalue weighted by atomic mass is 9.84. The Morgan fingerprint density at radius 2 is 1.36 bits per heavy atom. The zero-order chi connectivity index (χ0) is 22.8. The maximum Gasteiger partial charge on any atom is 0.231 e. The lowest BCUT2D eigenvalue weighted by Crippen LogP contribution is -2.42. The van der Waals surface area contributed by atoms with Crippen LogP contribution in [0, 0.1) is 5.92 Å². The summed E-state index contributed by atoms with van der Waals surface area (Å²) in [6.07, 6.45) is 2.83. The van der Waals surface area contributed by atoms with Gasteiger partial charge in [-0.05, 0) is 66.8 Å². The number of piperidine rings is 1. The number of hydrogen-bond acceptors (Lipinski definition) is 3. The lowest BCUT2D eigenvalue weighted by Gasteiger charge is -2.33. The van der Waals surface area contributed by atoms with E-state index in [9.17, 15) is 4.79 Å². The van der Waals surface area contributed by atoms with Gasteiger partial charge in [0.15, 0.2) is 0 Å². The first-order valence-corrected chi connectivity index (χ1v) is 12.2. The molecule has 3 atom stereocenters. The minimum Gasteiger partial charge on any atom is -0.342 e. The summed E-state index contributed by atoms with van der Waals surface area (Å²) in [5.41, 5.74) is 2.84. The van der Waals surface area contributed by atoms with Crippen molar-refractivity contribution in [1.29, 1.82) is 0 Å². The second kappa shape index (κ2) is 9.76. The van der Waals surface area contributed by atoms with Gasteiger partial charge in [0.2, 0.25) is 5.91 Å². The summed E-state index contributed by atoms with van der Waals surface area (Å²) < 4.78 is 0. The van der Waals surface area contributed by atoms with E-state index in [1.165, 1.54) is 6.42 Å². The van der Waals surface area contributed by atoms with Gasteiger partial charge in [0.1, 0.15) is 6.10 Å². The predicted molar refractivity (Wildman–Crippen MR) is 132 cm³/mol. The number of anilines is 1. The molecule has 0 aromatic heterocycles. The summed E-state index contributed by atoms with van der Waals surface area (Å²) in [5, 5.41) is 3.20. The van der Waals surface area contributed by atoms with Gasteiger partial charge in [0, 0.05) is 23.1 Å². The van der Waals surface area contributed by atoms with E-state index < -0.39 is 12.0 Å². The molecule has 0 spiro atoms. The SMILES string of the molecule is O=C([C@@H]1[C@@H](c2ccccc2)N(c2ccc(Cl)cc2)O[C@H]1c1ccc(Cl)cc1)N1CCCCC1. The van der Waals surface area contributed by atoms with Crippen molar-refractivity contribution in [3.8, 4) is 0 Å². The van der Waals surface area contributed by atoms with E-state index in [0.29, 0.717) is 10.0 Å². The van der Waals surface area contributed by atoms with Crippen molar-refractivity contribution in [1.82, 2.24) is 4.90 Å². The molecule has 2 fully saturated rings. The molecule has 0 radical (unpaired) electrons. The molecule has 2 saturated heterocycles. The summed E-state index contributed by atoms with van der Waals surface area (Å²) in [7, 11) is 0. The molecule has 0 bridgehead atoms. The third kappa shape index (κ3) is 4.61. The fourth-order valence-electron chi connectivity index (χ4n) is 4.88. The fourth-order valence-corrected chi connectivity index (χ4v) is 5.13. The van der Waals surface area contributed by atoms with Crippen molar-refractivity contribution in [3.05, 3.63) is 100 Å². The van der Waals surface area contributed by atoms with Crippen LogP contribution in [0.5, 0.6) is 0 Å². The molecular weight excluding hydrogens is 455 g/mol. The molecule has 0 N–H and O–H groups in total. The Morgan fingerprint density at radius 3 is 2.00 bits per heavy atom. The van der Waals surface area contributed by atoms with Crippen LogP contribution < -0.4 is 5.06 Å². The quantitative estimate of drug-likeness (QED) is 0.408. The number of carbonyl (C=O) groups excluding carboxylic acids is 1. The van der Waals surface area contributed by atoms with Crippen LogP contribution in [0.2, 0.25) is 10.0 Å². The Morgan fingerprint density at radius 1 is 0.758 bits per heavy atom. The first kappa shape index (κ1) is 22.3. The first-order valence-electron chi connectivity index (χ1n) is 11.4. The fraction of sp³-hybridized carbons (Fsp3) is 0.296. The Kier molecular flexibility index (Phi) is 6.59.